The van der Waals surface area contributed by atoms with Gasteiger partial charge in [0.1, 0.15) is 22.8 Å². The SMILES string of the molecule is COc1ccc(-c2ccc(C[C@H](NC(=O)OC(C)(C)C)[C@@H](O)C[C@H]([C-]=O)Cc3ccccc3F)cc2)cn1.COc1ccc(-c2ccc(C[C@H](NC(=O)OC(C)(C)C)[C@H](C[C@@H](Cc3ccccc3F)C(=O)O)O[Si](C)(C)C(C)(C)C)cc2)cn1.C[C@@H]1CCC[C@@H](O)[C@H]1NCl.[Na+].[OH-]. The minimum absolute atomic E-state index is 0. The molecule has 7 N–H and O–H groups in total. The summed E-state index contributed by atoms with van der Waals surface area (Å²) in [5.74, 6) is -2.09. The molecule has 1 aliphatic carbocycles. The number of carboxylic acids is 1. The number of rotatable bonds is 25. The van der Waals surface area contributed by atoms with E-state index in [9.17, 15) is 43.3 Å². The van der Waals surface area contributed by atoms with E-state index in [1.165, 1.54) is 18.6 Å². The number of methoxy groups -OCH3 is 2. The first-order valence-corrected chi connectivity index (χ1v) is 35.2. The first kappa shape index (κ1) is 83.9. The van der Waals surface area contributed by atoms with Crippen LogP contribution in [0.4, 0.5) is 18.4 Å². The number of hydrogen-bond donors (Lipinski definition) is 6. The first-order valence-electron chi connectivity index (χ1n) is 31.9. The molecule has 520 valence electrons. The Morgan fingerprint density at radius 3 is 1.47 bits per heavy atom. The molecule has 2 amide bonds. The third kappa shape index (κ3) is 27.9. The number of nitrogens with one attached hydrogen (secondary N) is 3. The molecule has 9 atom stereocenters. The van der Waals surface area contributed by atoms with Gasteiger partial charge >= 0.3 is 47.7 Å². The maximum atomic E-state index is 14.6. The van der Waals surface area contributed by atoms with Crippen molar-refractivity contribution in [3.8, 4) is 34.0 Å². The zero-order chi connectivity index (χ0) is 69.6. The standard InChI is InChI=1S/C36H49FN2O6Si.C30H34FN2O5.C7H14ClNO.Na.H2O/c1-35(2,3)44-34(42)39-30(20-24-14-16-25(17-15-24)27-18-19-32(43-7)38-23-27)31(45-46(8,9)36(4,5)6)22-28(33(40)41)21-26-12-10-11-13-29(26)37;1-30(2,3)38-29(36)33-26(27(35)17-21(19-34)15-23-7-5-6-8-25(23)31)16-20-9-11-22(12-10-20)24-13-14-28(37-4)32-18-24;1-5-3-2-4-6(10)7(5)9-8;;/h10-19,23,28,30-31H,20-22H2,1-9H3,(H,39,42)(H,40,41);5-14,18,21,26-27,35H,15-17H2,1-4H3,(H,33,36);5-7,9-10H,2-4H2,1H3;;1H2/q;-1;;+1;/p-1/t28-,30+,31+;21-,26+,27+;5-,6-,7+;;/m111../s1. The van der Waals surface area contributed by atoms with Crippen LogP contribution in [-0.4, -0.2) is 125 Å². The van der Waals surface area contributed by atoms with Crippen molar-refractivity contribution >= 4 is 44.5 Å². The van der Waals surface area contributed by atoms with Crippen LogP contribution in [-0.2, 0) is 49.2 Å². The normalized spacial score (nSPS) is 16.6. The number of amides is 2. The third-order valence-electron chi connectivity index (χ3n) is 16.7. The van der Waals surface area contributed by atoms with Gasteiger partial charge < -0.3 is 59.6 Å². The summed E-state index contributed by atoms with van der Waals surface area (Å²) in [4.78, 5) is 61.2. The molecular formula is C73H98ClF2N5NaO13Si-. The largest absolute Gasteiger partial charge is 1.00 e. The van der Waals surface area contributed by atoms with Crippen LogP contribution in [0, 0.1) is 29.4 Å². The fourth-order valence-corrected chi connectivity index (χ4v) is 12.2. The summed E-state index contributed by atoms with van der Waals surface area (Å²) in [6, 6.07) is 34.1. The van der Waals surface area contributed by atoms with E-state index in [2.05, 4.69) is 66.2 Å². The van der Waals surface area contributed by atoms with Crippen molar-refractivity contribution in [2.24, 2.45) is 17.8 Å². The number of pyridine rings is 2. The number of carbonyl (C=O) groups excluding carboxylic acids is 3. The monoisotopic (exact) mass is 1380 g/mol. The summed E-state index contributed by atoms with van der Waals surface area (Å²) >= 11 is 5.46. The second-order valence-corrected chi connectivity index (χ2v) is 32.5. The number of aliphatic hydroxyl groups excluding tert-OH is 2. The zero-order valence-electron chi connectivity index (χ0n) is 58.3. The van der Waals surface area contributed by atoms with Gasteiger partial charge in [-0.05, 0) is 186 Å². The Hall–Kier alpha value is -6.37. The van der Waals surface area contributed by atoms with Crippen LogP contribution in [0.5, 0.6) is 11.8 Å². The second-order valence-electron chi connectivity index (χ2n) is 27.5. The zero-order valence-corrected chi connectivity index (χ0v) is 62.0. The molecule has 6 aromatic rings. The minimum Gasteiger partial charge on any atom is -0.870 e. The number of hydrogen-bond acceptors (Lipinski definition) is 15. The number of carboxylic acid groups (broad SMARTS) is 1. The average Bonchev–Trinajstić information content (AvgIpc) is 0.814. The summed E-state index contributed by atoms with van der Waals surface area (Å²) in [5.41, 5.74) is 4.74. The smallest absolute Gasteiger partial charge is 0.870 e. The van der Waals surface area contributed by atoms with Crippen LogP contribution in [0.1, 0.15) is 124 Å². The van der Waals surface area contributed by atoms with Crippen molar-refractivity contribution in [3.05, 3.63) is 168 Å². The number of aliphatic carboxylic acids is 1. The number of nitrogens with zero attached hydrogens (tertiary/aromatic N) is 2. The predicted molar refractivity (Wildman–Crippen MR) is 368 cm³/mol. The molecule has 0 aliphatic heterocycles. The number of aromatic nitrogens is 2. The first-order chi connectivity index (χ1) is 44.2. The van der Waals surface area contributed by atoms with Crippen molar-refractivity contribution in [2.45, 2.75) is 193 Å². The van der Waals surface area contributed by atoms with E-state index in [0.717, 1.165) is 46.2 Å². The van der Waals surface area contributed by atoms with E-state index < -0.39 is 85.4 Å². The summed E-state index contributed by atoms with van der Waals surface area (Å²) in [5, 5.41) is 36.4. The van der Waals surface area contributed by atoms with Gasteiger partial charge in [0.2, 0.25) is 11.8 Å². The van der Waals surface area contributed by atoms with Crippen molar-refractivity contribution in [3.63, 3.8) is 0 Å². The summed E-state index contributed by atoms with van der Waals surface area (Å²) < 4.78 is 57.0. The van der Waals surface area contributed by atoms with Gasteiger partial charge in [0.05, 0.1) is 56.6 Å². The molecule has 23 heteroatoms. The van der Waals surface area contributed by atoms with E-state index >= 15 is 0 Å². The Morgan fingerprint density at radius 2 is 1.09 bits per heavy atom. The maximum absolute atomic E-state index is 14.6. The van der Waals surface area contributed by atoms with E-state index in [4.69, 9.17) is 35.2 Å². The Kier molecular flexibility index (Phi) is 34.3. The summed E-state index contributed by atoms with van der Waals surface area (Å²) in [7, 11) is 0.639. The van der Waals surface area contributed by atoms with Crippen LogP contribution in [0.15, 0.2) is 134 Å². The maximum Gasteiger partial charge on any atom is 1.00 e. The van der Waals surface area contributed by atoms with Gasteiger partial charge in [0.25, 0.3) is 0 Å². The van der Waals surface area contributed by atoms with Crippen molar-refractivity contribution in [2.75, 3.05) is 14.2 Å². The molecule has 96 heavy (non-hydrogen) atoms. The van der Waals surface area contributed by atoms with Gasteiger partial charge in [-0.1, -0.05) is 119 Å². The number of aliphatic hydroxyl groups is 2. The van der Waals surface area contributed by atoms with Gasteiger partial charge in [-0.15, -0.1) is 5.92 Å². The molecule has 2 heterocycles. The number of benzene rings is 4. The third-order valence-corrected chi connectivity index (χ3v) is 21.4. The molecule has 0 radical (unpaired) electrons. The molecule has 18 nitrogen and oxygen atoms in total. The Bertz CT molecular complexity index is 3310. The van der Waals surface area contributed by atoms with Crippen molar-refractivity contribution < 1.29 is 102 Å². The molecule has 1 fully saturated rings. The quantitative estimate of drug-likeness (QED) is 0.0177. The summed E-state index contributed by atoms with van der Waals surface area (Å²) in [6.07, 6.45) is 5.97. The number of carbonyl (C=O) groups is 3. The second kappa shape index (κ2) is 39.3. The molecule has 2 aromatic heterocycles. The average molecular weight is 1380 g/mol. The number of ether oxygens (including phenoxy) is 4. The van der Waals surface area contributed by atoms with E-state index in [1.54, 1.807) is 117 Å². The van der Waals surface area contributed by atoms with Crippen molar-refractivity contribution in [1.29, 1.82) is 0 Å². The number of alkyl carbamates (subject to hydrolysis) is 2. The Balaban J connectivity index is 0.000000433. The van der Waals surface area contributed by atoms with Gasteiger partial charge in [0, 0.05) is 35.7 Å². The molecular weight excluding hydrogens is 1280 g/mol. The molecule has 0 bridgehead atoms. The van der Waals surface area contributed by atoms with Crippen LogP contribution in [0.25, 0.3) is 22.3 Å². The molecule has 7 rings (SSSR count). The molecule has 4 aromatic carbocycles. The van der Waals surface area contributed by atoms with Gasteiger partial charge in [0.15, 0.2) is 8.32 Å². The molecule has 0 unspecified atom stereocenters. The van der Waals surface area contributed by atoms with Gasteiger partial charge in [-0.2, -0.15) is 0 Å². The molecule has 1 saturated carbocycles. The van der Waals surface area contributed by atoms with Crippen molar-refractivity contribution in [1.82, 2.24) is 25.4 Å². The Morgan fingerprint density at radius 1 is 0.656 bits per heavy atom. The van der Waals surface area contributed by atoms with Gasteiger partial charge in [-0.25, -0.2) is 33.2 Å². The Labute approximate surface area is 594 Å². The summed E-state index contributed by atoms with van der Waals surface area (Å²) in [6.45, 7) is 23.2. The van der Waals surface area contributed by atoms with E-state index in [1.807, 2.05) is 66.9 Å². The van der Waals surface area contributed by atoms with E-state index in [0.29, 0.717) is 35.2 Å². The molecule has 0 saturated heterocycles. The van der Waals surface area contributed by atoms with Crippen LogP contribution in [0.2, 0.25) is 18.1 Å². The molecule has 1 aliphatic rings. The number of halogens is 3. The van der Waals surface area contributed by atoms with Crippen LogP contribution < -0.4 is 54.5 Å². The fraction of sp³-hybridized carbons (Fsp3) is 0.479. The topological polar surface area (TPSA) is 267 Å². The fourth-order valence-electron chi connectivity index (χ4n) is 10.5. The van der Waals surface area contributed by atoms with E-state index in [-0.39, 0.29) is 84.3 Å². The van der Waals surface area contributed by atoms with Gasteiger partial charge in [-0.3, -0.25) is 11.1 Å². The predicted octanol–water partition coefficient (Wildman–Crippen LogP) is 11.2. The molecule has 0 spiro atoms. The van der Waals surface area contributed by atoms with Crippen LogP contribution >= 0.6 is 11.8 Å². The van der Waals surface area contributed by atoms with Crippen LogP contribution in [0.3, 0.4) is 0 Å². The minimum atomic E-state index is -2.49.